The van der Waals surface area contributed by atoms with E-state index in [9.17, 15) is 0 Å². The van der Waals surface area contributed by atoms with E-state index in [0.29, 0.717) is 0 Å². The average molecular weight is 411 g/mol. The molecule has 1 aromatic heterocycles. The number of nitrogens with zero attached hydrogens (tertiary/aromatic N) is 2. The van der Waals surface area contributed by atoms with Crippen LogP contribution in [0.4, 0.5) is 0 Å². The average Bonchev–Trinajstić information content (AvgIpc) is 2.79. The maximum absolute atomic E-state index is 3.50. The van der Waals surface area contributed by atoms with Gasteiger partial charge in [-0.15, -0.1) is 0 Å². The summed E-state index contributed by atoms with van der Waals surface area (Å²) >= 11 is 3.50. The van der Waals surface area contributed by atoms with Crippen molar-refractivity contribution in [1.82, 2.24) is 9.13 Å². The molecule has 0 bridgehead atoms. The van der Waals surface area contributed by atoms with Crippen LogP contribution >= 0.6 is 0 Å². The van der Waals surface area contributed by atoms with Crippen LogP contribution in [-0.2, 0) is 18.7 Å². The van der Waals surface area contributed by atoms with E-state index in [1.54, 1.807) is 0 Å². The van der Waals surface area contributed by atoms with Crippen molar-refractivity contribution >= 4 is 0 Å². The van der Waals surface area contributed by atoms with E-state index in [1.165, 1.54) is 44.8 Å². The van der Waals surface area contributed by atoms with Crippen LogP contribution in [0.15, 0.2) is 36.7 Å². The molecule has 24 heavy (non-hydrogen) atoms. The van der Waals surface area contributed by atoms with Gasteiger partial charge in [0.05, 0.1) is 0 Å². The summed E-state index contributed by atoms with van der Waals surface area (Å²) in [6.45, 7) is 13.0. The van der Waals surface area contributed by atoms with Gasteiger partial charge in [0.15, 0.2) is 0 Å². The number of rotatable bonds is 2. The van der Waals surface area contributed by atoms with Gasteiger partial charge in [-0.3, -0.25) is 0 Å². The minimum atomic E-state index is 1.07. The number of hydrogen-bond acceptors (Lipinski definition) is 0. The van der Waals surface area contributed by atoms with Gasteiger partial charge in [0.25, 0.3) is 0 Å². The summed E-state index contributed by atoms with van der Waals surface area (Å²) < 4.78 is 5.56. The zero-order valence-electron chi connectivity index (χ0n) is 15.2. The van der Waals surface area contributed by atoms with Gasteiger partial charge in [-0.2, -0.15) is 0 Å². The normalized spacial score (nSPS) is 11.2. The third-order valence-electron chi connectivity index (χ3n) is 4.49. The zero-order chi connectivity index (χ0) is 17.6. The van der Waals surface area contributed by atoms with Crippen LogP contribution < -0.4 is 0 Å². The molecule has 0 N–H and O–H groups in total. The Labute approximate surface area is 154 Å². The molecular weight excluding hydrogens is 387 g/mol. The van der Waals surface area contributed by atoms with E-state index in [0.717, 1.165) is 3.89 Å². The van der Waals surface area contributed by atoms with Crippen LogP contribution in [0.1, 0.15) is 33.4 Å². The molecule has 3 heteroatoms. The Balaban J connectivity index is 2.24. The van der Waals surface area contributed by atoms with Gasteiger partial charge in [-0.1, -0.05) is 0 Å². The molecule has 3 aromatic rings. The van der Waals surface area contributed by atoms with Crippen LogP contribution in [0.25, 0.3) is 11.4 Å². The van der Waals surface area contributed by atoms with Crippen molar-refractivity contribution in [3.8, 4) is 11.4 Å². The van der Waals surface area contributed by atoms with E-state index in [1.807, 2.05) is 0 Å². The Kier molecular flexibility index (Phi) is 4.51. The molecule has 0 unspecified atom stereocenters. The molecule has 0 aliphatic rings. The second-order valence-electron chi connectivity index (χ2n) is 6.77. The predicted molar refractivity (Wildman–Crippen MR) is 96.8 cm³/mol. The van der Waals surface area contributed by atoms with Gasteiger partial charge < -0.3 is 0 Å². The molecule has 128 valence electrons. The maximum atomic E-state index is 3.50. The van der Waals surface area contributed by atoms with E-state index in [2.05, 4.69) is 106 Å². The molecule has 1 heterocycles. The molecule has 2 aromatic carbocycles. The first-order valence-corrected chi connectivity index (χ1v) is 8.99. The van der Waals surface area contributed by atoms with Crippen molar-refractivity contribution in [3.63, 3.8) is 0 Å². The van der Waals surface area contributed by atoms with Gasteiger partial charge in [0.1, 0.15) is 0 Å². The summed E-state index contributed by atoms with van der Waals surface area (Å²) in [7, 11) is 0. The van der Waals surface area contributed by atoms with Crippen molar-refractivity contribution in [2.45, 2.75) is 41.5 Å². The Morgan fingerprint density at radius 2 is 0.875 bits per heavy atom. The summed E-state index contributed by atoms with van der Waals surface area (Å²) in [6.07, 6.45) is 4.28. The standard InChI is InChI=1S/C21H24N2.Pd/c1-14-9-16(3)20(17(4)10-14)22-7-8-23(13-22)21-18(5)11-15(2)12-19(21)6;/h7-12H,1-6H3;. The second kappa shape index (κ2) is 6.32. The third kappa shape index (κ3) is 2.88. The zero-order valence-corrected chi connectivity index (χ0v) is 16.7. The van der Waals surface area contributed by atoms with Crippen LogP contribution in [-0.4, -0.2) is 9.13 Å². The van der Waals surface area contributed by atoms with Crippen molar-refractivity contribution in [1.29, 1.82) is 0 Å². The molecular formula is C21H24N2Pd. The molecule has 0 radical (unpaired) electrons. The summed E-state index contributed by atoms with van der Waals surface area (Å²) in [5.41, 5.74) is 10.3. The summed E-state index contributed by atoms with van der Waals surface area (Å²) in [5.74, 6) is 0. The van der Waals surface area contributed by atoms with Gasteiger partial charge in [-0.05, 0) is 0 Å². The Morgan fingerprint density at radius 1 is 0.583 bits per heavy atom. The summed E-state index contributed by atoms with van der Waals surface area (Å²) in [6, 6.07) is 8.97. The van der Waals surface area contributed by atoms with Crippen LogP contribution in [0, 0.1) is 45.4 Å². The fraction of sp³-hybridized carbons (Fsp3) is 0.286. The molecule has 0 spiro atoms. The topological polar surface area (TPSA) is 9.86 Å². The molecule has 2 nitrogen and oxygen atoms in total. The number of benzene rings is 2. The predicted octanol–water partition coefficient (Wildman–Crippen LogP) is 5.20. The fourth-order valence-corrected chi connectivity index (χ4v) is 4.37. The molecule has 0 amide bonds. The van der Waals surface area contributed by atoms with E-state index >= 15 is 0 Å². The van der Waals surface area contributed by atoms with Crippen LogP contribution in [0.2, 0.25) is 0 Å². The minimum absolute atomic E-state index is 1.07. The van der Waals surface area contributed by atoms with Gasteiger partial charge in [0, 0.05) is 0 Å². The number of imidazole rings is 1. The molecule has 0 saturated carbocycles. The van der Waals surface area contributed by atoms with Gasteiger partial charge in [0.2, 0.25) is 0 Å². The Hall–Kier alpha value is -1.69. The second-order valence-corrected chi connectivity index (χ2v) is 7.47. The fourth-order valence-electron chi connectivity index (χ4n) is 3.79. The van der Waals surface area contributed by atoms with Crippen LogP contribution in [0.5, 0.6) is 0 Å². The number of aromatic nitrogens is 2. The summed E-state index contributed by atoms with van der Waals surface area (Å²) in [4.78, 5) is 0. The Bertz CT molecular complexity index is 865. The van der Waals surface area contributed by atoms with Crippen molar-refractivity contribution in [2.75, 3.05) is 0 Å². The monoisotopic (exact) mass is 410 g/mol. The van der Waals surface area contributed by atoms with Crippen molar-refractivity contribution in [3.05, 3.63) is 73.9 Å². The number of hydrogen-bond donors (Lipinski definition) is 0. The molecule has 0 aliphatic carbocycles. The van der Waals surface area contributed by atoms with Crippen molar-refractivity contribution in [2.24, 2.45) is 0 Å². The molecule has 0 fully saturated rings. The van der Waals surface area contributed by atoms with E-state index in [4.69, 9.17) is 0 Å². The third-order valence-corrected chi connectivity index (χ3v) is 5.23. The molecule has 0 saturated heterocycles. The summed E-state index contributed by atoms with van der Waals surface area (Å²) in [5, 5.41) is 0. The van der Waals surface area contributed by atoms with Gasteiger partial charge >= 0.3 is 155 Å². The molecule has 0 atom stereocenters. The van der Waals surface area contributed by atoms with E-state index in [-0.39, 0.29) is 0 Å². The van der Waals surface area contributed by atoms with Gasteiger partial charge in [-0.25, -0.2) is 0 Å². The molecule has 0 aliphatic heterocycles. The van der Waals surface area contributed by atoms with Crippen LogP contribution in [0.3, 0.4) is 0 Å². The number of aryl methyl sites for hydroxylation is 6. The first-order valence-electron chi connectivity index (χ1n) is 8.21. The van der Waals surface area contributed by atoms with Crippen molar-refractivity contribution < 1.29 is 18.7 Å². The quantitative estimate of drug-likeness (QED) is 0.514. The first-order chi connectivity index (χ1) is 11.3. The molecule has 3 rings (SSSR count). The SMILES string of the molecule is Cc1cc(C)c(-n2ccn(-c3c(C)cc(C)cc3C)[c]2=[Pd])c(C)c1. The Morgan fingerprint density at radius 3 is 1.17 bits per heavy atom. The van der Waals surface area contributed by atoms with E-state index < -0.39 is 0 Å². The first kappa shape index (κ1) is 17.1.